The molecular formula is C31H33ClN3O2P. The average molecular weight is 546 g/mol. The molecule has 2 N–H and O–H groups in total. The smallest absolute Gasteiger partial charge is 0.228 e. The SMILES string of the molecule is N#Cc1cccc(-c2ccc(C3(PCC(=O)Nc4cc(O)cc(Cl)c4)CCN(C4CCCC4)CC3)cc2)c1. The summed E-state index contributed by atoms with van der Waals surface area (Å²) in [6.07, 6.45) is 7.78. The van der Waals surface area contributed by atoms with Gasteiger partial charge in [0.15, 0.2) is 0 Å². The van der Waals surface area contributed by atoms with E-state index in [2.05, 4.69) is 40.6 Å². The van der Waals surface area contributed by atoms with Crippen LogP contribution in [0.2, 0.25) is 5.02 Å². The van der Waals surface area contributed by atoms with Crippen molar-refractivity contribution in [2.45, 2.75) is 49.7 Å². The number of hydrogen-bond donors (Lipinski definition) is 2. The molecule has 3 aromatic carbocycles. The van der Waals surface area contributed by atoms with Gasteiger partial charge in [0.1, 0.15) is 5.75 Å². The average Bonchev–Trinajstić information content (AvgIpc) is 3.47. The number of nitrogens with zero attached hydrogens (tertiary/aromatic N) is 2. The van der Waals surface area contributed by atoms with Crippen molar-refractivity contribution in [1.82, 2.24) is 4.90 Å². The number of carbonyl (C=O) groups is 1. The Bertz CT molecular complexity index is 1300. The van der Waals surface area contributed by atoms with Crippen LogP contribution in [0.5, 0.6) is 5.75 Å². The van der Waals surface area contributed by atoms with Gasteiger partial charge in [-0.2, -0.15) is 5.26 Å². The van der Waals surface area contributed by atoms with Crippen LogP contribution in [-0.4, -0.2) is 41.2 Å². The number of piperidine rings is 1. The Morgan fingerprint density at radius 3 is 2.47 bits per heavy atom. The van der Waals surface area contributed by atoms with Crippen molar-refractivity contribution < 1.29 is 9.90 Å². The highest BCUT2D eigenvalue weighted by Crippen LogP contribution is 2.50. The molecule has 2 fully saturated rings. The van der Waals surface area contributed by atoms with E-state index < -0.39 is 0 Å². The first kappa shape index (κ1) is 26.7. The lowest BCUT2D eigenvalue weighted by Gasteiger charge is -2.44. The maximum atomic E-state index is 13.0. The van der Waals surface area contributed by atoms with Crippen LogP contribution in [0.25, 0.3) is 11.1 Å². The summed E-state index contributed by atoms with van der Waals surface area (Å²) < 4.78 is 0. The van der Waals surface area contributed by atoms with E-state index in [0.717, 1.165) is 37.1 Å². The molecule has 1 amide bonds. The molecule has 1 unspecified atom stereocenters. The van der Waals surface area contributed by atoms with Crippen molar-refractivity contribution in [3.63, 3.8) is 0 Å². The summed E-state index contributed by atoms with van der Waals surface area (Å²) in [5.74, 6) is -0.0288. The van der Waals surface area contributed by atoms with E-state index in [4.69, 9.17) is 11.6 Å². The number of aromatic hydroxyl groups is 1. The predicted octanol–water partition coefficient (Wildman–Crippen LogP) is 7.14. The van der Waals surface area contributed by atoms with Gasteiger partial charge in [0, 0.05) is 34.1 Å². The maximum absolute atomic E-state index is 13.0. The Balaban J connectivity index is 1.34. The lowest BCUT2D eigenvalue weighted by atomic mass is 9.86. The highest BCUT2D eigenvalue weighted by Gasteiger charge is 2.38. The monoisotopic (exact) mass is 545 g/mol. The van der Waals surface area contributed by atoms with Gasteiger partial charge >= 0.3 is 0 Å². The van der Waals surface area contributed by atoms with Crippen molar-refractivity contribution in [2.75, 3.05) is 24.6 Å². The molecule has 5 nitrogen and oxygen atoms in total. The molecule has 7 heteroatoms. The molecule has 0 radical (unpaired) electrons. The van der Waals surface area contributed by atoms with Crippen molar-refractivity contribution in [2.24, 2.45) is 0 Å². The molecule has 1 saturated heterocycles. The molecule has 0 spiro atoms. The zero-order chi connectivity index (χ0) is 26.5. The Kier molecular flexibility index (Phi) is 8.34. The first-order valence-corrected chi connectivity index (χ1v) is 14.9. The summed E-state index contributed by atoms with van der Waals surface area (Å²) >= 11 is 6.05. The van der Waals surface area contributed by atoms with E-state index in [1.165, 1.54) is 43.4 Å². The molecule has 1 atom stereocenters. The summed E-state index contributed by atoms with van der Waals surface area (Å²) in [6, 6.07) is 24.0. The number of nitrogens with one attached hydrogen (secondary N) is 1. The third kappa shape index (κ3) is 6.21. The van der Waals surface area contributed by atoms with Gasteiger partial charge < -0.3 is 15.3 Å². The number of amides is 1. The van der Waals surface area contributed by atoms with Gasteiger partial charge in [0.25, 0.3) is 0 Å². The van der Waals surface area contributed by atoms with E-state index in [1.807, 2.05) is 24.3 Å². The second-order valence-corrected chi connectivity index (χ2v) is 12.5. The van der Waals surface area contributed by atoms with E-state index >= 15 is 0 Å². The topological polar surface area (TPSA) is 76.4 Å². The third-order valence-corrected chi connectivity index (χ3v) is 10.2. The lowest BCUT2D eigenvalue weighted by molar-refractivity contribution is -0.113. The molecule has 3 aromatic rings. The number of benzene rings is 3. The zero-order valence-corrected chi connectivity index (χ0v) is 23.2. The lowest BCUT2D eigenvalue weighted by Crippen LogP contribution is -2.44. The standard InChI is InChI=1S/C31H33ClN3O2P/c32-26-17-27(19-29(36)18-26)34-30(37)21-38-31(12-14-35(15-13-31)28-6-1-2-7-28)25-10-8-23(9-11-25)24-5-3-4-22(16-24)20-33/h3-5,8-11,16-19,28,36,38H,1-2,6-7,12-15,21H2,(H,34,37). The molecule has 0 bridgehead atoms. The van der Waals surface area contributed by atoms with Gasteiger partial charge in [-0.3, -0.25) is 4.79 Å². The second kappa shape index (κ2) is 11.9. The molecule has 2 aliphatic rings. The fourth-order valence-electron chi connectivity index (χ4n) is 5.96. The van der Waals surface area contributed by atoms with Gasteiger partial charge in [-0.25, -0.2) is 0 Å². The summed E-state index contributed by atoms with van der Waals surface area (Å²) in [6.45, 7) is 2.13. The number of halogens is 1. The van der Waals surface area contributed by atoms with Crippen LogP contribution in [0.3, 0.4) is 0 Å². The van der Waals surface area contributed by atoms with E-state index in [0.29, 0.717) is 37.1 Å². The van der Waals surface area contributed by atoms with Crippen molar-refractivity contribution >= 4 is 31.8 Å². The number of rotatable bonds is 7. The summed E-state index contributed by atoms with van der Waals surface area (Å²) in [7, 11) is 0.440. The van der Waals surface area contributed by atoms with Crippen LogP contribution in [0.4, 0.5) is 5.69 Å². The van der Waals surface area contributed by atoms with Crippen molar-refractivity contribution in [1.29, 1.82) is 5.26 Å². The highest BCUT2D eigenvalue weighted by molar-refractivity contribution is 7.40. The molecule has 196 valence electrons. The Morgan fingerprint density at radius 1 is 1.05 bits per heavy atom. The largest absolute Gasteiger partial charge is 0.508 e. The number of likely N-dealkylation sites (tertiary alicyclic amines) is 1. The minimum absolute atomic E-state index is 0.0337. The minimum atomic E-state index is -0.0625. The van der Waals surface area contributed by atoms with Crippen LogP contribution in [-0.2, 0) is 9.95 Å². The van der Waals surface area contributed by atoms with Gasteiger partial charge in [0.05, 0.1) is 11.6 Å². The Labute approximate surface area is 231 Å². The summed E-state index contributed by atoms with van der Waals surface area (Å²) in [4.78, 5) is 15.6. The van der Waals surface area contributed by atoms with Gasteiger partial charge in [-0.15, -0.1) is 8.58 Å². The molecule has 38 heavy (non-hydrogen) atoms. The fraction of sp³-hybridized carbons (Fsp3) is 0.355. The molecule has 1 heterocycles. The first-order valence-electron chi connectivity index (χ1n) is 13.3. The number of phenolic OH excluding ortho intramolecular Hbond substituents is 1. The molecule has 1 saturated carbocycles. The Morgan fingerprint density at radius 2 is 1.79 bits per heavy atom. The van der Waals surface area contributed by atoms with Crippen LogP contribution in [0.15, 0.2) is 66.7 Å². The van der Waals surface area contributed by atoms with Crippen molar-refractivity contribution in [3.05, 3.63) is 82.9 Å². The second-order valence-electron chi connectivity index (χ2n) is 10.4. The zero-order valence-electron chi connectivity index (χ0n) is 21.4. The number of phenols is 1. The van der Waals surface area contributed by atoms with Gasteiger partial charge in [-0.05, 0) is 79.7 Å². The quantitative estimate of drug-likeness (QED) is 0.309. The van der Waals surface area contributed by atoms with Crippen LogP contribution < -0.4 is 5.32 Å². The van der Waals surface area contributed by atoms with Crippen LogP contribution in [0.1, 0.15) is 49.7 Å². The molecule has 1 aliphatic carbocycles. The number of hydrogen-bond acceptors (Lipinski definition) is 4. The van der Waals surface area contributed by atoms with Crippen LogP contribution >= 0.6 is 20.2 Å². The Hall–Kier alpha value is -2.90. The normalized spacial score (nSPS) is 18.0. The van der Waals surface area contributed by atoms with Gasteiger partial charge in [-0.1, -0.05) is 60.8 Å². The van der Waals surface area contributed by atoms with Crippen molar-refractivity contribution in [3.8, 4) is 22.9 Å². The highest BCUT2D eigenvalue weighted by atomic mass is 35.5. The third-order valence-electron chi connectivity index (χ3n) is 8.01. The van der Waals surface area contributed by atoms with Crippen LogP contribution in [0, 0.1) is 11.3 Å². The first-order chi connectivity index (χ1) is 18.4. The molecule has 1 aliphatic heterocycles. The number of nitriles is 1. The summed E-state index contributed by atoms with van der Waals surface area (Å²) in [5.41, 5.74) is 4.58. The number of carbonyl (C=O) groups excluding carboxylic acids is 1. The van der Waals surface area contributed by atoms with E-state index in [9.17, 15) is 15.2 Å². The summed E-state index contributed by atoms with van der Waals surface area (Å²) in [5, 5.41) is 22.4. The maximum Gasteiger partial charge on any atom is 0.228 e. The molecule has 5 rings (SSSR count). The molecular weight excluding hydrogens is 513 g/mol. The minimum Gasteiger partial charge on any atom is -0.508 e. The van der Waals surface area contributed by atoms with E-state index in [-0.39, 0.29) is 16.8 Å². The molecule has 0 aromatic heterocycles. The number of anilines is 1. The van der Waals surface area contributed by atoms with E-state index in [1.54, 1.807) is 6.07 Å². The fourth-order valence-corrected chi connectivity index (χ4v) is 7.72. The predicted molar refractivity (Wildman–Crippen MR) is 156 cm³/mol. The van der Waals surface area contributed by atoms with Gasteiger partial charge in [0.2, 0.25) is 5.91 Å².